The van der Waals surface area contributed by atoms with Gasteiger partial charge in [-0.15, -0.1) is 0 Å². The first-order valence-electron chi connectivity index (χ1n) is 6.78. The molecule has 0 radical (unpaired) electrons. The predicted molar refractivity (Wildman–Crippen MR) is 81.2 cm³/mol. The largest absolute Gasteiger partial charge is 0.372 e. The van der Waals surface area contributed by atoms with Crippen molar-refractivity contribution < 1.29 is 4.74 Å². The van der Waals surface area contributed by atoms with E-state index in [1.165, 1.54) is 5.69 Å². The first-order chi connectivity index (χ1) is 8.93. The Morgan fingerprint density at radius 1 is 1.42 bits per heavy atom. The number of hydrogen-bond acceptors (Lipinski definition) is 3. The standard InChI is InChI=1S/C15H23ClN2O/c1-11(17-4)13-6-5-12(9-14(13)16)18-7-8-19-15(2,3)10-18/h5-6,9,11,17H,7-8,10H2,1-4H3. The normalized spacial score (nSPS) is 20.4. The van der Waals surface area contributed by atoms with Gasteiger partial charge in [0, 0.05) is 29.8 Å². The Hall–Kier alpha value is -0.770. The van der Waals surface area contributed by atoms with Gasteiger partial charge in [-0.05, 0) is 45.5 Å². The van der Waals surface area contributed by atoms with E-state index in [9.17, 15) is 0 Å². The molecule has 2 rings (SSSR count). The maximum absolute atomic E-state index is 6.40. The highest BCUT2D eigenvalue weighted by Gasteiger charge is 2.27. The van der Waals surface area contributed by atoms with Crippen LogP contribution in [0.1, 0.15) is 32.4 Å². The Balaban J connectivity index is 2.20. The highest BCUT2D eigenvalue weighted by molar-refractivity contribution is 6.31. The lowest BCUT2D eigenvalue weighted by molar-refractivity contribution is -0.0276. The second-order valence-electron chi connectivity index (χ2n) is 5.75. The fourth-order valence-electron chi connectivity index (χ4n) is 2.46. The molecule has 1 aliphatic rings. The molecule has 0 aliphatic carbocycles. The van der Waals surface area contributed by atoms with E-state index in [4.69, 9.17) is 16.3 Å². The first kappa shape index (κ1) is 14.6. The number of morpholine rings is 1. The van der Waals surface area contributed by atoms with Crippen LogP contribution in [0.15, 0.2) is 18.2 Å². The van der Waals surface area contributed by atoms with E-state index in [-0.39, 0.29) is 11.6 Å². The molecule has 1 unspecified atom stereocenters. The fraction of sp³-hybridized carbons (Fsp3) is 0.600. The van der Waals surface area contributed by atoms with Crippen LogP contribution in [0, 0.1) is 0 Å². The van der Waals surface area contributed by atoms with Crippen LogP contribution in [-0.2, 0) is 4.74 Å². The van der Waals surface area contributed by atoms with Crippen molar-refractivity contribution in [3.05, 3.63) is 28.8 Å². The van der Waals surface area contributed by atoms with Gasteiger partial charge in [-0.1, -0.05) is 17.7 Å². The summed E-state index contributed by atoms with van der Waals surface area (Å²) in [4.78, 5) is 2.34. The van der Waals surface area contributed by atoms with Gasteiger partial charge in [0.05, 0.1) is 12.2 Å². The summed E-state index contributed by atoms with van der Waals surface area (Å²) in [5.74, 6) is 0. The number of halogens is 1. The maximum atomic E-state index is 6.40. The lowest BCUT2D eigenvalue weighted by Crippen LogP contribution is -2.48. The third-order valence-corrected chi connectivity index (χ3v) is 4.00. The number of nitrogens with one attached hydrogen (secondary N) is 1. The van der Waals surface area contributed by atoms with Crippen molar-refractivity contribution in [2.24, 2.45) is 0 Å². The van der Waals surface area contributed by atoms with E-state index in [0.29, 0.717) is 0 Å². The van der Waals surface area contributed by atoms with E-state index in [0.717, 1.165) is 30.3 Å². The van der Waals surface area contributed by atoms with Crippen LogP contribution in [-0.4, -0.2) is 32.3 Å². The molecule has 0 spiro atoms. The highest BCUT2D eigenvalue weighted by Crippen LogP contribution is 2.30. The highest BCUT2D eigenvalue weighted by atomic mass is 35.5. The average molecular weight is 283 g/mol. The zero-order valence-corrected chi connectivity index (χ0v) is 12.9. The molecule has 1 aliphatic heterocycles. The molecule has 0 bridgehead atoms. The van der Waals surface area contributed by atoms with Crippen molar-refractivity contribution in [1.82, 2.24) is 5.32 Å². The number of nitrogens with zero attached hydrogens (tertiary/aromatic N) is 1. The summed E-state index contributed by atoms with van der Waals surface area (Å²) >= 11 is 6.40. The monoisotopic (exact) mass is 282 g/mol. The van der Waals surface area contributed by atoms with Crippen LogP contribution in [0.4, 0.5) is 5.69 Å². The van der Waals surface area contributed by atoms with Gasteiger partial charge in [0.25, 0.3) is 0 Å². The summed E-state index contributed by atoms with van der Waals surface area (Å²) in [7, 11) is 1.94. The lowest BCUT2D eigenvalue weighted by Gasteiger charge is -2.39. The van der Waals surface area contributed by atoms with Crippen molar-refractivity contribution >= 4 is 17.3 Å². The lowest BCUT2D eigenvalue weighted by atomic mass is 10.0. The van der Waals surface area contributed by atoms with Gasteiger partial charge in [0.15, 0.2) is 0 Å². The SMILES string of the molecule is CNC(C)c1ccc(N2CCOC(C)(C)C2)cc1Cl. The van der Waals surface area contributed by atoms with E-state index < -0.39 is 0 Å². The third kappa shape index (κ3) is 3.41. The Bertz CT molecular complexity index is 448. The second-order valence-corrected chi connectivity index (χ2v) is 6.15. The van der Waals surface area contributed by atoms with Gasteiger partial charge < -0.3 is 15.0 Å². The van der Waals surface area contributed by atoms with Gasteiger partial charge >= 0.3 is 0 Å². The topological polar surface area (TPSA) is 24.5 Å². The van der Waals surface area contributed by atoms with Crippen LogP contribution in [0.3, 0.4) is 0 Å². The Morgan fingerprint density at radius 3 is 2.74 bits per heavy atom. The van der Waals surface area contributed by atoms with Crippen molar-refractivity contribution in [3.63, 3.8) is 0 Å². The number of rotatable bonds is 3. The Labute approximate surface area is 120 Å². The minimum Gasteiger partial charge on any atom is -0.372 e. The third-order valence-electron chi connectivity index (χ3n) is 3.67. The quantitative estimate of drug-likeness (QED) is 0.921. The minimum absolute atomic E-state index is 0.0956. The van der Waals surface area contributed by atoms with Crippen LogP contribution < -0.4 is 10.2 Å². The van der Waals surface area contributed by atoms with E-state index in [1.54, 1.807) is 0 Å². The van der Waals surface area contributed by atoms with E-state index in [2.05, 4.69) is 49.2 Å². The van der Waals surface area contributed by atoms with Crippen LogP contribution in [0.2, 0.25) is 5.02 Å². The molecule has 3 nitrogen and oxygen atoms in total. The molecule has 1 aromatic carbocycles. The summed E-state index contributed by atoms with van der Waals surface area (Å²) < 4.78 is 5.74. The van der Waals surface area contributed by atoms with Crippen molar-refractivity contribution in [1.29, 1.82) is 0 Å². The van der Waals surface area contributed by atoms with Crippen LogP contribution in [0.5, 0.6) is 0 Å². The van der Waals surface area contributed by atoms with Gasteiger partial charge in [0.2, 0.25) is 0 Å². The summed E-state index contributed by atoms with van der Waals surface area (Å²) in [6.07, 6.45) is 0. The minimum atomic E-state index is -0.0956. The Kier molecular flexibility index (Phi) is 4.39. The summed E-state index contributed by atoms with van der Waals surface area (Å²) in [5, 5.41) is 4.04. The van der Waals surface area contributed by atoms with Crippen molar-refractivity contribution in [2.45, 2.75) is 32.4 Å². The van der Waals surface area contributed by atoms with Crippen molar-refractivity contribution in [3.8, 4) is 0 Å². The maximum Gasteiger partial charge on any atom is 0.0801 e. The number of hydrogen-bond donors (Lipinski definition) is 1. The molecule has 1 aromatic rings. The molecule has 106 valence electrons. The molecule has 1 saturated heterocycles. The fourth-order valence-corrected chi connectivity index (χ4v) is 2.79. The zero-order valence-electron chi connectivity index (χ0n) is 12.2. The molecule has 19 heavy (non-hydrogen) atoms. The second kappa shape index (κ2) is 5.70. The molecular formula is C15H23ClN2O. The summed E-state index contributed by atoms with van der Waals surface area (Å²) in [6.45, 7) is 8.93. The van der Waals surface area contributed by atoms with Gasteiger partial charge in [-0.2, -0.15) is 0 Å². The molecule has 0 saturated carbocycles. The molecule has 1 N–H and O–H groups in total. The van der Waals surface area contributed by atoms with Crippen LogP contribution >= 0.6 is 11.6 Å². The first-order valence-corrected chi connectivity index (χ1v) is 7.16. The van der Waals surface area contributed by atoms with Gasteiger partial charge in [-0.3, -0.25) is 0 Å². The molecule has 4 heteroatoms. The predicted octanol–water partition coefficient (Wildman–Crippen LogP) is 3.24. The molecule has 0 aromatic heterocycles. The smallest absolute Gasteiger partial charge is 0.0801 e. The molecule has 1 atom stereocenters. The zero-order chi connectivity index (χ0) is 14.0. The van der Waals surface area contributed by atoms with Gasteiger partial charge in [0.1, 0.15) is 0 Å². The molecule has 1 fully saturated rings. The molecule has 0 amide bonds. The summed E-state index contributed by atoms with van der Waals surface area (Å²) in [5.41, 5.74) is 2.22. The van der Waals surface area contributed by atoms with Gasteiger partial charge in [-0.25, -0.2) is 0 Å². The molecular weight excluding hydrogens is 260 g/mol. The van der Waals surface area contributed by atoms with E-state index >= 15 is 0 Å². The van der Waals surface area contributed by atoms with Crippen LogP contribution in [0.25, 0.3) is 0 Å². The number of benzene rings is 1. The number of ether oxygens (including phenoxy) is 1. The summed E-state index contributed by atoms with van der Waals surface area (Å²) in [6, 6.07) is 6.59. The van der Waals surface area contributed by atoms with Crippen molar-refractivity contribution in [2.75, 3.05) is 31.6 Å². The average Bonchev–Trinajstić information content (AvgIpc) is 2.36. The molecule has 1 heterocycles. The Morgan fingerprint density at radius 2 is 2.16 bits per heavy atom. The van der Waals surface area contributed by atoms with E-state index in [1.807, 2.05) is 7.05 Å². The number of anilines is 1.